The number of ketones is 1. The summed E-state index contributed by atoms with van der Waals surface area (Å²) in [5.41, 5.74) is 3.34. The Labute approximate surface area is 169 Å². The molecule has 0 unspecified atom stereocenters. The Bertz CT molecular complexity index is 1050. The molecule has 0 saturated heterocycles. The molecule has 0 spiro atoms. The summed E-state index contributed by atoms with van der Waals surface area (Å²) in [6, 6.07) is 5.83. The van der Waals surface area contributed by atoms with E-state index >= 15 is 0 Å². The number of nitrogens with zero attached hydrogens (tertiary/aromatic N) is 4. The van der Waals surface area contributed by atoms with Crippen LogP contribution in [0.5, 0.6) is 0 Å². The molecule has 0 aliphatic heterocycles. The summed E-state index contributed by atoms with van der Waals surface area (Å²) in [5.74, 6) is -0.0628. The van der Waals surface area contributed by atoms with Crippen molar-refractivity contribution < 1.29 is 14.3 Å². The van der Waals surface area contributed by atoms with Crippen molar-refractivity contribution in [2.75, 3.05) is 7.11 Å². The Hall–Kier alpha value is -3.09. The molecule has 3 aromatic heterocycles. The van der Waals surface area contributed by atoms with Gasteiger partial charge in [0.1, 0.15) is 5.78 Å². The van der Waals surface area contributed by atoms with E-state index in [0.29, 0.717) is 19.3 Å². The fraction of sp³-hybridized carbons (Fsp3) is 0.409. The van der Waals surface area contributed by atoms with Gasteiger partial charge in [0.15, 0.2) is 0 Å². The molecular weight excluding hydrogens is 368 g/mol. The molecule has 3 heterocycles. The zero-order chi connectivity index (χ0) is 20.4. The maximum atomic E-state index is 12.8. The first-order valence-electron chi connectivity index (χ1n) is 9.88. The number of hydrogen-bond donors (Lipinski definition) is 0. The summed E-state index contributed by atoms with van der Waals surface area (Å²) in [5, 5.41) is 5.13. The Morgan fingerprint density at radius 2 is 1.90 bits per heavy atom. The minimum absolute atomic E-state index is 0.0110. The SMILES string of the molecule is COC(=O)C1CCC(C(=O)Cc2cc3nc(-c4cnn(C)c4)ccc3cn2)CC1. The number of esters is 1. The third-order valence-corrected chi connectivity index (χ3v) is 5.70. The summed E-state index contributed by atoms with van der Waals surface area (Å²) >= 11 is 0. The van der Waals surface area contributed by atoms with Gasteiger partial charge in [-0.15, -0.1) is 0 Å². The van der Waals surface area contributed by atoms with Crippen LogP contribution in [-0.4, -0.2) is 38.6 Å². The highest BCUT2D eigenvalue weighted by atomic mass is 16.5. The van der Waals surface area contributed by atoms with Crippen LogP contribution in [0.25, 0.3) is 22.2 Å². The van der Waals surface area contributed by atoms with Crippen molar-refractivity contribution in [2.24, 2.45) is 18.9 Å². The number of rotatable bonds is 5. The van der Waals surface area contributed by atoms with E-state index in [1.54, 1.807) is 17.1 Å². The van der Waals surface area contributed by atoms with Crippen molar-refractivity contribution in [3.8, 4) is 11.3 Å². The quantitative estimate of drug-likeness (QED) is 0.620. The lowest BCUT2D eigenvalue weighted by Crippen LogP contribution is -2.27. The molecule has 7 heteroatoms. The molecule has 0 N–H and O–H groups in total. The average molecular weight is 392 g/mol. The van der Waals surface area contributed by atoms with E-state index in [2.05, 4.69) is 10.1 Å². The second kappa shape index (κ2) is 8.11. The van der Waals surface area contributed by atoms with Gasteiger partial charge in [0, 0.05) is 48.4 Å². The molecule has 1 fully saturated rings. The molecule has 0 amide bonds. The van der Waals surface area contributed by atoms with Crippen LogP contribution in [0.3, 0.4) is 0 Å². The second-order valence-electron chi connectivity index (χ2n) is 7.68. The van der Waals surface area contributed by atoms with Gasteiger partial charge < -0.3 is 4.74 Å². The topological polar surface area (TPSA) is 87.0 Å². The van der Waals surface area contributed by atoms with Gasteiger partial charge in [0.05, 0.1) is 30.4 Å². The lowest BCUT2D eigenvalue weighted by Gasteiger charge is -2.25. The molecule has 0 aromatic carbocycles. The van der Waals surface area contributed by atoms with Crippen LogP contribution >= 0.6 is 0 Å². The molecular formula is C22H24N4O3. The molecule has 7 nitrogen and oxygen atoms in total. The fourth-order valence-electron chi connectivity index (χ4n) is 4.01. The minimum atomic E-state index is -0.164. The van der Waals surface area contributed by atoms with E-state index in [4.69, 9.17) is 9.72 Å². The highest BCUT2D eigenvalue weighted by Crippen LogP contribution is 2.31. The maximum absolute atomic E-state index is 12.8. The molecule has 29 heavy (non-hydrogen) atoms. The highest BCUT2D eigenvalue weighted by Gasteiger charge is 2.30. The summed E-state index contributed by atoms with van der Waals surface area (Å²) in [4.78, 5) is 33.6. The number of Topliss-reactive ketones (excluding diaryl/α,β-unsaturated/α-hetero) is 1. The van der Waals surface area contributed by atoms with Crippen LogP contribution in [-0.2, 0) is 27.8 Å². The van der Waals surface area contributed by atoms with E-state index in [1.807, 2.05) is 31.4 Å². The van der Waals surface area contributed by atoms with Crippen molar-refractivity contribution in [3.63, 3.8) is 0 Å². The number of fused-ring (bicyclic) bond motifs is 1. The Kier molecular flexibility index (Phi) is 5.38. The number of hydrogen-bond acceptors (Lipinski definition) is 6. The van der Waals surface area contributed by atoms with Crippen molar-refractivity contribution in [2.45, 2.75) is 32.1 Å². The van der Waals surface area contributed by atoms with E-state index in [1.165, 1.54) is 7.11 Å². The van der Waals surface area contributed by atoms with Crippen LogP contribution in [0.1, 0.15) is 31.4 Å². The Balaban J connectivity index is 1.46. The highest BCUT2D eigenvalue weighted by molar-refractivity contribution is 5.85. The molecule has 1 saturated carbocycles. The number of carbonyl (C=O) groups is 2. The Morgan fingerprint density at radius 1 is 1.14 bits per heavy atom. The maximum Gasteiger partial charge on any atom is 0.308 e. The van der Waals surface area contributed by atoms with Crippen LogP contribution < -0.4 is 0 Å². The van der Waals surface area contributed by atoms with Crippen molar-refractivity contribution in [3.05, 3.63) is 42.5 Å². The number of carbonyl (C=O) groups excluding carboxylic acids is 2. The Morgan fingerprint density at radius 3 is 2.59 bits per heavy atom. The van der Waals surface area contributed by atoms with Gasteiger partial charge in [0.2, 0.25) is 0 Å². The summed E-state index contributed by atoms with van der Waals surface area (Å²) in [6.07, 6.45) is 8.66. The number of aromatic nitrogens is 4. The first-order chi connectivity index (χ1) is 14.0. The molecule has 0 atom stereocenters. The zero-order valence-electron chi connectivity index (χ0n) is 16.7. The molecule has 0 radical (unpaired) electrons. The summed E-state index contributed by atoms with van der Waals surface area (Å²) in [6.45, 7) is 0. The van der Waals surface area contributed by atoms with Crippen LogP contribution in [0.2, 0.25) is 0 Å². The van der Waals surface area contributed by atoms with Crippen LogP contribution in [0, 0.1) is 11.8 Å². The molecule has 150 valence electrons. The van der Waals surface area contributed by atoms with Gasteiger partial charge in [-0.1, -0.05) is 0 Å². The lowest BCUT2D eigenvalue weighted by molar-refractivity contribution is -0.147. The summed E-state index contributed by atoms with van der Waals surface area (Å²) in [7, 11) is 3.29. The van der Waals surface area contributed by atoms with Crippen LogP contribution in [0.4, 0.5) is 0 Å². The van der Waals surface area contributed by atoms with Gasteiger partial charge in [-0.25, -0.2) is 4.98 Å². The third-order valence-electron chi connectivity index (χ3n) is 5.70. The fourth-order valence-corrected chi connectivity index (χ4v) is 4.01. The van der Waals surface area contributed by atoms with E-state index in [9.17, 15) is 9.59 Å². The van der Waals surface area contributed by atoms with E-state index in [0.717, 1.165) is 40.7 Å². The monoisotopic (exact) mass is 392 g/mol. The first-order valence-corrected chi connectivity index (χ1v) is 9.88. The van der Waals surface area contributed by atoms with E-state index in [-0.39, 0.29) is 23.6 Å². The predicted molar refractivity (Wildman–Crippen MR) is 108 cm³/mol. The molecule has 1 aliphatic rings. The second-order valence-corrected chi connectivity index (χ2v) is 7.68. The zero-order valence-corrected chi connectivity index (χ0v) is 16.7. The van der Waals surface area contributed by atoms with Crippen molar-refractivity contribution in [1.82, 2.24) is 19.7 Å². The number of ether oxygens (including phenoxy) is 1. The normalized spacial score (nSPS) is 19.2. The number of pyridine rings is 2. The van der Waals surface area contributed by atoms with E-state index < -0.39 is 0 Å². The van der Waals surface area contributed by atoms with Crippen molar-refractivity contribution >= 4 is 22.7 Å². The predicted octanol–water partition coefficient (Wildman–Crippen LogP) is 3.12. The smallest absolute Gasteiger partial charge is 0.308 e. The van der Waals surface area contributed by atoms with Gasteiger partial charge in [-0.05, 0) is 43.9 Å². The minimum Gasteiger partial charge on any atom is -0.469 e. The standard InChI is InChI=1S/C22H24N4O3/c1-26-13-17(12-24-26)19-8-7-16-11-23-18(9-20(16)25-19)10-21(27)14-3-5-15(6-4-14)22(28)29-2/h7-9,11-15H,3-6,10H2,1-2H3. The third kappa shape index (κ3) is 4.18. The van der Waals surface area contributed by atoms with Gasteiger partial charge in [-0.2, -0.15) is 5.10 Å². The van der Waals surface area contributed by atoms with Crippen molar-refractivity contribution in [1.29, 1.82) is 0 Å². The molecule has 1 aliphatic carbocycles. The first kappa shape index (κ1) is 19.2. The van der Waals surface area contributed by atoms with Gasteiger partial charge in [0.25, 0.3) is 0 Å². The lowest BCUT2D eigenvalue weighted by atomic mass is 9.79. The molecule has 4 rings (SSSR count). The molecule has 0 bridgehead atoms. The number of aryl methyl sites for hydroxylation is 1. The molecule has 3 aromatic rings. The largest absolute Gasteiger partial charge is 0.469 e. The number of methoxy groups -OCH3 is 1. The summed E-state index contributed by atoms with van der Waals surface area (Å²) < 4.78 is 6.56. The average Bonchev–Trinajstić information content (AvgIpc) is 3.19. The van der Waals surface area contributed by atoms with Gasteiger partial charge in [-0.3, -0.25) is 19.3 Å². The van der Waals surface area contributed by atoms with Crippen LogP contribution in [0.15, 0.2) is 36.8 Å². The van der Waals surface area contributed by atoms with Gasteiger partial charge >= 0.3 is 5.97 Å².